The van der Waals surface area contributed by atoms with Gasteiger partial charge in [-0.25, -0.2) is 4.79 Å². The number of benzene rings is 1. The number of unbranched alkanes of at least 4 members (excludes halogenated alkanes) is 1. The van der Waals surface area contributed by atoms with Gasteiger partial charge in [-0.3, -0.25) is 19.2 Å². The molecule has 0 saturated carbocycles. The minimum Gasteiger partial charge on any atom is -0.466 e. The van der Waals surface area contributed by atoms with Gasteiger partial charge in [0.1, 0.15) is 6.42 Å². The molecule has 2 saturated heterocycles. The summed E-state index contributed by atoms with van der Waals surface area (Å²) < 4.78 is 15.7. The van der Waals surface area contributed by atoms with Crippen molar-refractivity contribution in [2.24, 2.45) is 0 Å². The van der Waals surface area contributed by atoms with Crippen LogP contribution in [0.25, 0.3) is 0 Å². The van der Waals surface area contributed by atoms with Gasteiger partial charge in [0.2, 0.25) is 11.8 Å². The van der Waals surface area contributed by atoms with E-state index in [4.69, 9.17) is 14.2 Å². The normalized spacial score (nSPS) is 18.9. The van der Waals surface area contributed by atoms with E-state index in [1.807, 2.05) is 11.8 Å². The molecular weight excluding hydrogens is 566 g/mol. The molecule has 3 unspecified atom stereocenters. The first-order chi connectivity index (χ1) is 20.4. The molecule has 2 heterocycles. The number of anilines is 1. The SMILES string of the molecule is CCOC(=O)CC(=O)Nc1ccc(C(=O)NCCOCCOCCNC(=O)CCCCC2SCC3NC(=O)NC32)cc1. The van der Waals surface area contributed by atoms with Crippen LogP contribution in [-0.2, 0) is 28.6 Å². The van der Waals surface area contributed by atoms with Crippen molar-refractivity contribution in [3.05, 3.63) is 29.8 Å². The maximum absolute atomic E-state index is 12.3. The number of rotatable bonds is 19. The number of esters is 1. The van der Waals surface area contributed by atoms with Crippen LogP contribution in [-0.4, -0.2) is 98.9 Å². The molecule has 42 heavy (non-hydrogen) atoms. The lowest BCUT2D eigenvalue weighted by Gasteiger charge is -2.16. The van der Waals surface area contributed by atoms with Crippen molar-refractivity contribution in [1.29, 1.82) is 0 Å². The molecular formula is C28H41N5O8S. The third-order valence-electron chi connectivity index (χ3n) is 6.59. The van der Waals surface area contributed by atoms with E-state index in [0.717, 1.165) is 25.0 Å². The summed E-state index contributed by atoms with van der Waals surface area (Å²) in [5.74, 6) is -0.416. The second-order valence-corrected chi connectivity index (χ2v) is 11.1. The number of carbonyl (C=O) groups is 5. The van der Waals surface area contributed by atoms with Crippen LogP contribution in [0.2, 0.25) is 0 Å². The van der Waals surface area contributed by atoms with Crippen LogP contribution < -0.4 is 26.6 Å². The summed E-state index contributed by atoms with van der Waals surface area (Å²) in [4.78, 5) is 58.9. The van der Waals surface area contributed by atoms with E-state index in [9.17, 15) is 24.0 Å². The molecule has 0 bridgehead atoms. The van der Waals surface area contributed by atoms with Crippen molar-refractivity contribution >= 4 is 47.2 Å². The predicted octanol–water partition coefficient (Wildman–Crippen LogP) is 1.18. The van der Waals surface area contributed by atoms with Crippen LogP contribution in [0.3, 0.4) is 0 Å². The number of thioether (sulfide) groups is 1. The smallest absolute Gasteiger partial charge is 0.315 e. The summed E-state index contributed by atoms with van der Waals surface area (Å²) in [6.07, 6.45) is 2.85. The number of carbonyl (C=O) groups excluding carboxylic acids is 5. The highest BCUT2D eigenvalue weighted by Gasteiger charge is 2.42. The largest absolute Gasteiger partial charge is 0.466 e. The lowest BCUT2D eigenvalue weighted by atomic mass is 10.0. The maximum Gasteiger partial charge on any atom is 0.315 e. The zero-order chi connectivity index (χ0) is 30.2. The third kappa shape index (κ3) is 11.9. The average Bonchev–Trinajstić information content (AvgIpc) is 3.51. The predicted molar refractivity (Wildman–Crippen MR) is 157 cm³/mol. The summed E-state index contributed by atoms with van der Waals surface area (Å²) >= 11 is 1.88. The number of hydrogen-bond donors (Lipinski definition) is 5. The number of hydrogen-bond acceptors (Lipinski definition) is 9. The second kappa shape index (κ2) is 18.2. The van der Waals surface area contributed by atoms with Crippen molar-refractivity contribution in [3.8, 4) is 0 Å². The topological polar surface area (TPSA) is 173 Å². The molecule has 3 rings (SSSR count). The average molecular weight is 608 g/mol. The molecule has 5 amide bonds. The third-order valence-corrected chi connectivity index (χ3v) is 8.10. The lowest BCUT2D eigenvalue weighted by molar-refractivity contribution is -0.145. The minimum atomic E-state index is -0.598. The van der Waals surface area contributed by atoms with E-state index < -0.39 is 11.9 Å². The summed E-state index contributed by atoms with van der Waals surface area (Å²) in [5.41, 5.74) is 0.891. The lowest BCUT2D eigenvalue weighted by Crippen LogP contribution is -2.36. The molecule has 1 aromatic carbocycles. The molecule has 2 fully saturated rings. The van der Waals surface area contributed by atoms with Crippen molar-refractivity contribution in [2.45, 2.75) is 56.4 Å². The van der Waals surface area contributed by atoms with Crippen molar-refractivity contribution < 1.29 is 38.2 Å². The Balaban J connectivity index is 1.11. The Morgan fingerprint density at radius 1 is 0.929 bits per heavy atom. The van der Waals surface area contributed by atoms with Crippen molar-refractivity contribution in [2.75, 3.05) is 57.2 Å². The van der Waals surface area contributed by atoms with E-state index in [2.05, 4.69) is 26.6 Å². The van der Waals surface area contributed by atoms with E-state index in [1.54, 1.807) is 31.2 Å². The standard InChI is InChI=1S/C28H41N5O8S/c1-2-41-25(36)17-24(35)31-20-9-7-19(8-10-20)27(37)30-12-14-40-16-15-39-13-11-29-23(34)6-4-3-5-22-26-21(18-42-22)32-28(38)33-26/h7-10,21-22,26H,2-6,11-18H2,1H3,(H,29,34)(H,30,37)(H,31,35)(H2,32,33,38). The van der Waals surface area contributed by atoms with Gasteiger partial charge in [-0.05, 0) is 44.0 Å². The van der Waals surface area contributed by atoms with E-state index in [1.165, 1.54) is 0 Å². The Hall–Kier alpha value is -3.36. The number of urea groups is 1. The number of nitrogens with one attached hydrogen (secondary N) is 5. The highest BCUT2D eigenvalue weighted by atomic mass is 32.2. The molecule has 14 heteroatoms. The van der Waals surface area contributed by atoms with Gasteiger partial charge in [-0.15, -0.1) is 0 Å². The van der Waals surface area contributed by atoms with Gasteiger partial charge in [-0.1, -0.05) is 6.42 Å². The van der Waals surface area contributed by atoms with Crippen LogP contribution in [0.5, 0.6) is 0 Å². The Morgan fingerprint density at radius 2 is 1.64 bits per heavy atom. The van der Waals surface area contributed by atoms with E-state index >= 15 is 0 Å². The summed E-state index contributed by atoms with van der Waals surface area (Å²) in [6, 6.07) is 6.66. The monoisotopic (exact) mass is 607 g/mol. The fourth-order valence-electron chi connectivity index (χ4n) is 4.54. The van der Waals surface area contributed by atoms with Gasteiger partial charge < -0.3 is 40.8 Å². The Morgan fingerprint density at radius 3 is 2.36 bits per heavy atom. The van der Waals surface area contributed by atoms with E-state index in [0.29, 0.717) is 62.4 Å². The molecule has 0 spiro atoms. The van der Waals surface area contributed by atoms with Gasteiger partial charge in [0.15, 0.2) is 0 Å². The molecule has 5 N–H and O–H groups in total. The van der Waals surface area contributed by atoms with Crippen LogP contribution in [0.4, 0.5) is 10.5 Å². The van der Waals surface area contributed by atoms with Crippen LogP contribution in [0.1, 0.15) is 49.4 Å². The van der Waals surface area contributed by atoms with Gasteiger partial charge in [-0.2, -0.15) is 11.8 Å². The molecule has 232 valence electrons. The van der Waals surface area contributed by atoms with Crippen molar-refractivity contribution in [3.63, 3.8) is 0 Å². The fourth-order valence-corrected chi connectivity index (χ4v) is 6.08. The Labute approximate surface area is 249 Å². The van der Waals surface area contributed by atoms with Gasteiger partial charge in [0, 0.05) is 41.8 Å². The quantitative estimate of drug-likeness (QED) is 0.0670. The highest BCUT2D eigenvalue weighted by Crippen LogP contribution is 2.33. The van der Waals surface area contributed by atoms with Crippen LogP contribution in [0.15, 0.2) is 24.3 Å². The zero-order valence-electron chi connectivity index (χ0n) is 23.9. The number of fused-ring (bicyclic) bond motifs is 1. The zero-order valence-corrected chi connectivity index (χ0v) is 24.7. The summed E-state index contributed by atoms with van der Waals surface area (Å²) in [7, 11) is 0. The highest BCUT2D eigenvalue weighted by molar-refractivity contribution is 8.00. The molecule has 13 nitrogen and oxygen atoms in total. The minimum absolute atomic E-state index is 0.00627. The van der Waals surface area contributed by atoms with Gasteiger partial charge in [0.25, 0.3) is 5.91 Å². The molecule has 0 aliphatic carbocycles. The van der Waals surface area contributed by atoms with Gasteiger partial charge >= 0.3 is 12.0 Å². The molecule has 0 aromatic heterocycles. The fraction of sp³-hybridized carbons (Fsp3) is 0.607. The molecule has 0 radical (unpaired) electrons. The second-order valence-electron chi connectivity index (χ2n) is 9.81. The number of amides is 5. The first-order valence-corrected chi connectivity index (χ1v) is 15.3. The first-order valence-electron chi connectivity index (χ1n) is 14.3. The summed E-state index contributed by atoms with van der Waals surface area (Å²) in [5, 5.41) is 14.5. The van der Waals surface area contributed by atoms with Crippen LogP contribution >= 0.6 is 11.8 Å². The molecule has 2 aliphatic heterocycles. The molecule has 1 aromatic rings. The van der Waals surface area contributed by atoms with Gasteiger partial charge in [0.05, 0.1) is 45.1 Å². The first kappa shape index (κ1) is 33.1. The number of ether oxygens (including phenoxy) is 3. The molecule has 2 aliphatic rings. The Bertz CT molecular complexity index is 1060. The Kier molecular flexibility index (Phi) is 14.4. The summed E-state index contributed by atoms with van der Waals surface area (Å²) in [6.45, 7) is 4.07. The van der Waals surface area contributed by atoms with Crippen LogP contribution in [0, 0.1) is 0 Å². The maximum atomic E-state index is 12.3. The molecule has 3 atom stereocenters. The van der Waals surface area contributed by atoms with E-state index in [-0.39, 0.29) is 43.0 Å². The van der Waals surface area contributed by atoms with Crippen molar-refractivity contribution in [1.82, 2.24) is 21.3 Å².